The van der Waals surface area contributed by atoms with Crippen molar-refractivity contribution in [1.82, 2.24) is 10.3 Å². The lowest BCUT2D eigenvalue weighted by atomic mass is 10.1. The van der Waals surface area contributed by atoms with Gasteiger partial charge in [-0.25, -0.2) is 0 Å². The Balaban J connectivity index is 1.31. The largest absolute Gasteiger partial charge is 0.361 e. The molecular weight excluding hydrogens is 366 g/mol. The van der Waals surface area contributed by atoms with Crippen molar-refractivity contribution in [3.05, 3.63) is 94.3 Å². The van der Waals surface area contributed by atoms with E-state index in [1.165, 1.54) is 21.4 Å². The molecule has 5 heteroatoms. The summed E-state index contributed by atoms with van der Waals surface area (Å²) in [6, 6.07) is 23.0. The zero-order valence-corrected chi connectivity index (χ0v) is 16.4. The smallest absolute Gasteiger partial charge is 0.275 e. The van der Waals surface area contributed by atoms with Crippen molar-refractivity contribution in [1.29, 1.82) is 0 Å². The van der Waals surface area contributed by atoms with Crippen LogP contribution in [0.25, 0.3) is 10.9 Å². The molecule has 0 fully saturated rings. The van der Waals surface area contributed by atoms with E-state index in [1.54, 1.807) is 11.3 Å². The van der Waals surface area contributed by atoms with Crippen LogP contribution in [0.1, 0.15) is 22.0 Å². The number of nitrogens with one attached hydrogen (secondary N) is 2. The molecular formula is C23H24N3OS+. The van der Waals surface area contributed by atoms with E-state index in [-0.39, 0.29) is 11.9 Å². The Morgan fingerprint density at radius 1 is 1.04 bits per heavy atom. The maximum atomic E-state index is 12.4. The molecule has 0 saturated carbocycles. The van der Waals surface area contributed by atoms with Gasteiger partial charge in [0.15, 0.2) is 6.54 Å². The van der Waals surface area contributed by atoms with Crippen LogP contribution in [0, 0.1) is 0 Å². The number of para-hydroxylation sites is 1. The molecule has 142 valence electrons. The molecule has 28 heavy (non-hydrogen) atoms. The van der Waals surface area contributed by atoms with Gasteiger partial charge >= 0.3 is 0 Å². The standard InChI is InChI=1S/C23H23N3OS/c27-22(24-13-12-18-15-25-20-10-5-4-9-19(18)20)16-26-23(21-11-6-14-28-21)17-7-2-1-3-8-17/h1-11,14-15,23,25-26H,12-13,16H2,(H,24,27)/p+1/t23-/m0/s1. The van der Waals surface area contributed by atoms with Crippen LogP contribution < -0.4 is 10.6 Å². The van der Waals surface area contributed by atoms with Gasteiger partial charge in [-0.3, -0.25) is 4.79 Å². The fraction of sp³-hybridized carbons (Fsp3) is 0.174. The third kappa shape index (κ3) is 4.32. The summed E-state index contributed by atoms with van der Waals surface area (Å²) < 4.78 is 0. The minimum absolute atomic E-state index is 0.0670. The van der Waals surface area contributed by atoms with Crippen LogP contribution in [0.4, 0.5) is 0 Å². The highest BCUT2D eigenvalue weighted by Gasteiger charge is 2.19. The number of aromatic amines is 1. The Labute approximate surface area is 168 Å². The van der Waals surface area contributed by atoms with Crippen LogP contribution in [-0.2, 0) is 11.2 Å². The van der Waals surface area contributed by atoms with Crippen LogP contribution in [0.15, 0.2) is 78.3 Å². The van der Waals surface area contributed by atoms with Gasteiger partial charge in [0.1, 0.15) is 6.04 Å². The first-order valence-corrected chi connectivity index (χ1v) is 10.4. The van der Waals surface area contributed by atoms with E-state index in [4.69, 9.17) is 0 Å². The molecule has 4 aromatic rings. The van der Waals surface area contributed by atoms with Gasteiger partial charge in [-0.1, -0.05) is 54.6 Å². The third-order valence-corrected chi connectivity index (χ3v) is 5.89. The van der Waals surface area contributed by atoms with E-state index < -0.39 is 0 Å². The third-order valence-electron chi connectivity index (χ3n) is 4.94. The minimum atomic E-state index is 0.0670. The van der Waals surface area contributed by atoms with Gasteiger partial charge in [0.05, 0.1) is 4.88 Å². The van der Waals surface area contributed by atoms with Gasteiger partial charge < -0.3 is 15.6 Å². The van der Waals surface area contributed by atoms with Gasteiger partial charge in [0.25, 0.3) is 5.91 Å². The maximum absolute atomic E-state index is 12.4. The maximum Gasteiger partial charge on any atom is 0.275 e. The number of hydrogen-bond acceptors (Lipinski definition) is 2. The summed E-state index contributed by atoms with van der Waals surface area (Å²) >= 11 is 1.73. The topological polar surface area (TPSA) is 61.5 Å². The number of aromatic nitrogens is 1. The lowest BCUT2D eigenvalue weighted by molar-refractivity contribution is -0.676. The monoisotopic (exact) mass is 390 g/mol. The molecule has 4 nitrogen and oxygen atoms in total. The van der Waals surface area contributed by atoms with Crippen LogP contribution in [0.3, 0.4) is 0 Å². The Morgan fingerprint density at radius 3 is 2.68 bits per heavy atom. The second-order valence-corrected chi connectivity index (χ2v) is 7.78. The lowest BCUT2D eigenvalue weighted by Crippen LogP contribution is -2.87. The van der Waals surface area contributed by atoms with Crippen LogP contribution in [0.2, 0.25) is 0 Å². The second kappa shape index (κ2) is 8.87. The second-order valence-electron chi connectivity index (χ2n) is 6.80. The van der Waals surface area contributed by atoms with Crippen molar-refractivity contribution in [2.45, 2.75) is 12.5 Å². The average Bonchev–Trinajstić information content (AvgIpc) is 3.40. The molecule has 0 bridgehead atoms. The van der Waals surface area contributed by atoms with Crippen molar-refractivity contribution < 1.29 is 10.1 Å². The van der Waals surface area contributed by atoms with Gasteiger partial charge in [0, 0.05) is 29.2 Å². The lowest BCUT2D eigenvalue weighted by Gasteiger charge is -2.14. The SMILES string of the molecule is O=C(C[NH2+][C@@H](c1ccccc1)c1cccs1)NCCc1c[nH]c2ccccc12. The molecule has 0 aliphatic carbocycles. The fourth-order valence-corrected chi connectivity index (χ4v) is 4.37. The number of carbonyl (C=O) groups excluding carboxylic acids is 1. The van der Waals surface area contributed by atoms with E-state index in [0.717, 1.165) is 11.9 Å². The highest BCUT2D eigenvalue weighted by molar-refractivity contribution is 7.10. The Morgan fingerprint density at radius 2 is 1.86 bits per heavy atom. The Bertz CT molecular complexity index is 1020. The van der Waals surface area contributed by atoms with Crippen LogP contribution >= 0.6 is 11.3 Å². The summed E-state index contributed by atoms with van der Waals surface area (Å²) in [5.41, 5.74) is 3.59. The quantitative estimate of drug-likeness (QED) is 0.425. The summed E-state index contributed by atoms with van der Waals surface area (Å²) in [4.78, 5) is 16.9. The zero-order chi connectivity index (χ0) is 19.2. The molecule has 4 N–H and O–H groups in total. The number of nitrogens with two attached hydrogens (primary N) is 1. The summed E-state index contributed by atoms with van der Waals surface area (Å²) in [5.74, 6) is 0.0670. The van der Waals surface area contributed by atoms with Crippen LogP contribution in [0.5, 0.6) is 0 Å². The van der Waals surface area contributed by atoms with Crippen molar-refractivity contribution in [2.75, 3.05) is 13.1 Å². The molecule has 2 aromatic carbocycles. The molecule has 0 aliphatic heterocycles. The van der Waals surface area contributed by atoms with E-state index in [2.05, 4.69) is 57.4 Å². The van der Waals surface area contributed by atoms with Crippen molar-refractivity contribution in [3.63, 3.8) is 0 Å². The van der Waals surface area contributed by atoms with Gasteiger partial charge in [-0.2, -0.15) is 0 Å². The number of benzene rings is 2. The minimum Gasteiger partial charge on any atom is -0.361 e. The van der Waals surface area contributed by atoms with Crippen molar-refractivity contribution in [3.8, 4) is 0 Å². The highest BCUT2D eigenvalue weighted by atomic mass is 32.1. The Hall–Kier alpha value is -2.89. The molecule has 0 spiro atoms. The highest BCUT2D eigenvalue weighted by Crippen LogP contribution is 2.22. The van der Waals surface area contributed by atoms with Crippen molar-refractivity contribution in [2.24, 2.45) is 0 Å². The number of H-pyrrole nitrogens is 1. The molecule has 0 aliphatic rings. The van der Waals surface area contributed by atoms with Gasteiger partial charge in [-0.05, 0) is 29.5 Å². The first-order chi connectivity index (χ1) is 13.8. The molecule has 1 amide bonds. The number of quaternary nitrogens is 1. The fourth-order valence-electron chi connectivity index (χ4n) is 3.52. The number of carbonyl (C=O) groups is 1. The zero-order valence-electron chi connectivity index (χ0n) is 15.6. The van der Waals surface area contributed by atoms with Gasteiger partial charge in [-0.15, -0.1) is 11.3 Å². The summed E-state index contributed by atoms with van der Waals surface area (Å²) in [7, 11) is 0. The van der Waals surface area contributed by atoms with E-state index in [9.17, 15) is 4.79 Å². The van der Waals surface area contributed by atoms with E-state index in [1.807, 2.05) is 36.5 Å². The average molecular weight is 391 g/mol. The summed E-state index contributed by atoms with van der Waals surface area (Å²) in [6.45, 7) is 1.05. The number of fused-ring (bicyclic) bond motifs is 1. The summed E-state index contributed by atoms with van der Waals surface area (Å²) in [5, 5.41) is 8.48. The van der Waals surface area contributed by atoms with Crippen LogP contribution in [-0.4, -0.2) is 24.0 Å². The number of amides is 1. The number of hydrogen-bond donors (Lipinski definition) is 3. The Kier molecular flexibility index (Phi) is 5.85. The predicted octanol–water partition coefficient (Wildman–Crippen LogP) is 3.24. The molecule has 1 atom stereocenters. The summed E-state index contributed by atoms with van der Waals surface area (Å²) in [6.07, 6.45) is 2.86. The molecule has 0 unspecified atom stereocenters. The molecule has 4 rings (SSSR count). The van der Waals surface area contributed by atoms with Crippen molar-refractivity contribution >= 4 is 28.1 Å². The van der Waals surface area contributed by atoms with Gasteiger partial charge in [0.2, 0.25) is 0 Å². The number of thiophene rings is 1. The molecule has 2 heterocycles. The number of rotatable bonds is 8. The predicted molar refractivity (Wildman–Crippen MR) is 114 cm³/mol. The molecule has 0 radical (unpaired) electrons. The molecule has 0 saturated heterocycles. The normalized spacial score (nSPS) is 12.1. The first kappa shape index (κ1) is 18.5. The van der Waals surface area contributed by atoms with E-state index in [0.29, 0.717) is 13.1 Å². The van der Waals surface area contributed by atoms with E-state index >= 15 is 0 Å². The first-order valence-electron chi connectivity index (χ1n) is 9.54. The molecule has 2 aromatic heterocycles.